The number of hydrogen-bond donors (Lipinski definition) is 1. The van der Waals surface area contributed by atoms with Crippen LogP contribution >= 0.6 is 0 Å². The summed E-state index contributed by atoms with van der Waals surface area (Å²) in [5, 5.41) is 3.39. The molecule has 5 aliphatic rings. The van der Waals surface area contributed by atoms with E-state index >= 15 is 0 Å². The minimum atomic E-state index is -0.646. The number of hydrogen-bond acceptors (Lipinski definition) is 2. The summed E-state index contributed by atoms with van der Waals surface area (Å²) in [5.41, 5.74) is 1.72. The van der Waals surface area contributed by atoms with Crippen molar-refractivity contribution in [2.24, 2.45) is 23.2 Å². The largest absolute Gasteiger partial charge is 0.616 e. The molecule has 5 saturated carbocycles. The summed E-state index contributed by atoms with van der Waals surface area (Å²) < 4.78 is 11.9. The Kier molecular flexibility index (Phi) is 6.67. The first-order valence-electron chi connectivity index (χ1n) is 11.2. The van der Waals surface area contributed by atoms with Gasteiger partial charge >= 0.3 is 0 Å². The Morgan fingerprint density at radius 3 is 2.11 bits per heavy atom. The Hall–Kier alpha value is -1.00. The molecule has 1 aromatic carbocycles. The number of benzene rings is 1. The summed E-state index contributed by atoms with van der Waals surface area (Å²) >= 11 is -0.646. The van der Waals surface area contributed by atoms with Crippen molar-refractivity contribution in [3.63, 3.8) is 0 Å². The lowest BCUT2D eigenvalue weighted by Gasteiger charge is -2.56. The fourth-order valence-corrected chi connectivity index (χ4v) is 8.39. The molecule has 1 amide bonds. The van der Waals surface area contributed by atoms with E-state index in [1.54, 1.807) is 0 Å². The van der Waals surface area contributed by atoms with Crippen LogP contribution in [0.2, 0.25) is 0 Å². The van der Waals surface area contributed by atoms with Gasteiger partial charge in [-0.3, -0.25) is 4.79 Å². The van der Waals surface area contributed by atoms with Crippen LogP contribution in [0.3, 0.4) is 0 Å². The maximum atomic E-state index is 11.9. The van der Waals surface area contributed by atoms with Crippen molar-refractivity contribution >= 4 is 17.6 Å². The van der Waals surface area contributed by atoms with Gasteiger partial charge in [0.2, 0.25) is 6.41 Å². The second kappa shape index (κ2) is 9.21. The fourth-order valence-electron chi connectivity index (χ4n) is 6.77. The van der Waals surface area contributed by atoms with Gasteiger partial charge in [0.1, 0.15) is 11.0 Å². The van der Waals surface area contributed by atoms with Crippen LogP contribution in [-0.4, -0.2) is 22.8 Å². The molecule has 154 valence electrons. The highest BCUT2D eigenvalue weighted by Crippen LogP contribution is 2.59. The van der Waals surface area contributed by atoms with Crippen molar-refractivity contribution < 1.29 is 9.35 Å². The summed E-state index contributed by atoms with van der Waals surface area (Å²) in [7, 11) is 0. The van der Waals surface area contributed by atoms with E-state index in [4.69, 9.17) is 0 Å². The molecule has 6 rings (SSSR count). The molecule has 0 spiro atoms. The second-order valence-electron chi connectivity index (χ2n) is 9.83. The predicted octanol–water partition coefficient (Wildman–Crippen LogP) is 4.83. The molecule has 4 heteroatoms. The molecule has 5 aliphatic carbocycles. The van der Waals surface area contributed by atoms with Crippen molar-refractivity contribution in [1.29, 1.82) is 0 Å². The third kappa shape index (κ3) is 4.94. The van der Waals surface area contributed by atoms with E-state index in [0.29, 0.717) is 10.7 Å². The smallest absolute Gasteiger partial charge is 0.207 e. The Morgan fingerprint density at radius 1 is 1.00 bits per heavy atom. The summed E-state index contributed by atoms with van der Waals surface area (Å²) in [6.07, 6.45) is 14.4. The summed E-state index contributed by atoms with van der Waals surface area (Å²) in [4.78, 5) is 10.4. The van der Waals surface area contributed by atoms with Crippen molar-refractivity contribution in [3.05, 3.63) is 35.9 Å². The van der Waals surface area contributed by atoms with Gasteiger partial charge in [-0.05, 0) is 98.6 Å². The van der Waals surface area contributed by atoms with Crippen LogP contribution in [0.15, 0.2) is 30.3 Å². The van der Waals surface area contributed by atoms with Gasteiger partial charge in [0, 0.05) is 12.1 Å². The SMILES string of the molecule is O=CNCC12CC3CC(CC(C3)C1)C2.[O-][S+](Cc1ccccc1)C1CCCC1. The average molecular weight is 402 g/mol. The summed E-state index contributed by atoms with van der Waals surface area (Å²) in [6.45, 7) is 0.944. The average Bonchev–Trinajstić information content (AvgIpc) is 3.22. The minimum Gasteiger partial charge on any atom is -0.616 e. The van der Waals surface area contributed by atoms with Gasteiger partial charge in [-0.1, -0.05) is 30.3 Å². The van der Waals surface area contributed by atoms with Crippen molar-refractivity contribution in [3.8, 4) is 0 Å². The number of amides is 1. The van der Waals surface area contributed by atoms with E-state index < -0.39 is 11.2 Å². The van der Waals surface area contributed by atoms with Crippen LogP contribution in [0.5, 0.6) is 0 Å². The molecule has 1 atom stereocenters. The molecule has 0 radical (unpaired) electrons. The molecule has 3 nitrogen and oxygen atoms in total. The normalized spacial score (nSPS) is 34.5. The molecule has 0 saturated heterocycles. The number of carbonyl (C=O) groups excluding carboxylic acids is 1. The molecule has 1 unspecified atom stereocenters. The van der Waals surface area contributed by atoms with Gasteiger partial charge in [0.15, 0.2) is 0 Å². The van der Waals surface area contributed by atoms with E-state index in [9.17, 15) is 9.35 Å². The standard InChI is InChI=1S/C12H19NO.C12H16OS/c14-8-13-7-12-4-9-1-10(5-12)3-11(2-9)6-12;13-14(12-8-4-5-9-12)10-11-6-2-1-3-7-11/h8-11H,1-7H2,(H,13,14);1-3,6-7,12H,4-5,8-10H2. The Bertz CT molecular complexity index is 593. The van der Waals surface area contributed by atoms with Crippen LogP contribution < -0.4 is 5.32 Å². The zero-order valence-corrected chi connectivity index (χ0v) is 17.8. The topological polar surface area (TPSA) is 52.2 Å². The lowest BCUT2D eigenvalue weighted by molar-refractivity contribution is -0.111. The zero-order valence-electron chi connectivity index (χ0n) is 17.0. The van der Waals surface area contributed by atoms with Gasteiger partial charge in [-0.15, -0.1) is 0 Å². The molecule has 0 aliphatic heterocycles. The van der Waals surface area contributed by atoms with Crippen LogP contribution in [0, 0.1) is 23.2 Å². The van der Waals surface area contributed by atoms with Gasteiger partial charge in [-0.2, -0.15) is 0 Å². The number of carbonyl (C=O) groups is 1. The van der Waals surface area contributed by atoms with Crippen molar-refractivity contribution in [2.45, 2.75) is 75.2 Å². The molecular formula is C24H35NO2S. The van der Waals surface area contributed by atoms with Gasteiger partial charge < -0.3 is 9.87 Å². The lowest BCUT2D eigenvalue weighted by Crippen LogP contribution is -2.50. The highest BCUT2D eigenvalue weighted by atomic mass is 32.2. The Balaban J connectivity index is 0.000000137. The molecule has 1 N–H and O–H groups in total. The summed E-state index contributed by atoms with van der Waals surface area (Å²) in [5.74, 6) is 3.73. The third-order valence-corrected chi connectivity index (χ3v) is 9.38. The van der Waals surface area contributed by atoms with Crippen LogP contribution in [0.25, 0.3) is 0 Å². The monoisotopic (exact) mass is 401 g/mol. The van der Waals surface area contributed by atoms with Gasteiger partial charge in [-0.25, -0.2) is 0 Å². The van der Waals surface area contributed by atoms with Crippen LogP contribution in [0.1, 0.15) is 69.8 Å². The highest BCUT2D eigenvalue weighted by Gasteiger charge is 2.50. The van der Waals surface area contributed by atoms with E-state index in [2.05, 4.69) is 17.4 Å². The molecular weight excluding hydrogens is 366 g/mol. The van der Waals surface area contributed by atoms with Crippen LogP contribution in [-0.2, 0) is 21.7 Å². The fraction of sp³-hybridized carbons (Fsp3) is 0.708. The quantitative estimate of drug-likeness (QED) is 0.548. The van der Waals surface area contributed by atoms with E-state index in [0.717, 1.165) is 36.5 Å². The molecule has 0 aromatic heterocycles. The second-order valence-corrected chi connectivity index (χ2v) is 11.6. The highest BCUT2D eigenvalue weighted by molar-refractivity contribution is 7.91. The number of nitrogens with one attached hydrogen (secondary N) is 1. The summed E-state index contributed by atoms with van der Waals surface area (Å²) in [6, 6.07) is 10.2. The predicted molar refractivity (Wildman–Crippen MR) is 115 cm³/mol. The minimum absolute atomic E-state index is 0.468. The first-order chi connectivity index (χ1) is 13.7. The first-order valence-corrected chi connectivity index (χ1v) is 12.6. The molecule has 0 heterocycles. The maximum Gasteiger partial charge on any atom is 0.207 e. The first kappa shape index (κ1) is 20.3. The number of rotatable bonds is 6. The molecule has 4 bridgehead atoms. The third-order valence-electron chi connectivity index (χ3n) is 7.55. The molecule has 5 fully saturated rings. The molecule has 28 heavy (non-hydrogen) atoms. The van der Waals surface area contributed by atoms with E-state index in [1.165, 1.54) is 69.8 Å². The van der Waals surface area contributed by atoms with Gasteiger partial charge in [0.25, 0.3) is 0 Å². The Morgan fingerprint density at radius 2 is 1.57 bits per heavy atom. The van der Waals surface area contributed by atoms with Crippen molar-refractivity contribution in [1.82, 2.24) is 5.32 Å². The lowest BCUT2D eigenvalue weighted by atomic mass is 9.49. The van der Waals surface area contributed by atoms with Crippen LogP contribution in [0.4, 0.5) is 0 Å². The maximum absolute atomic E-state index is 11.9. The zero-order chi connectivity index (χ0) is 19.4. The van der Waals surface area contributed by atoms with Crippen molar-refractivity contribution in [2.75, 3.05) is 6.54 Å². The molecule has 1 aromatic rings. The Labute approximate surface area is 173 Å². The van der Waals surface area contributed by atoms with Gasteiger partial charge in [0.05, 0.1) is 0 Å². The van der Waals surface area contributed by atoms with E-state index in [1.807, 2.05) is 18.2 Å². The van der Waals surface area contributed by atoms with E-state index in [-0.39, 0.29) is 0 Å².